The predicted molar refractivity (Wildman–Crippen MR) is 68.8 cm³/mol. The highest BCUT2D eigenvalue weighted by atomic mass is 16.5. The van der Waals surface area contributed by atoms with Crippen molar-refractivity contribution in [2.45, 2.75) is 13.5 Å². The lowest BCUT2D eigenvalue weighted by Crippen LogP contribution is -2.17. The van der Waals surface area contributed by atoms with Crippen molar-refractivity contribution in [2.75, 3.05) is 11.9 Å². The third-order valence-electron chi connectivity index (χ3n) is 2.25. The highest BCUT2D eigenvalue weighted by Crippen LogP contribution is 2.03. The Balaban J connectivity index is 1.96. The fourth-order valence-corrected chi connectivity index (χ4v) is 1.43. The van der Waals surface area contributed by atoms with E-state index in [1.54, 1.807) is 25.1 Å². The predicted octanol–water partition coefficient (Wildman–Crippen LogP) is 0.488. The zero-order chi connectivity index (χ0) is 14.4. The molecule has 0 aromatic carbocycles. The molecule has 0 aliphatic heterocycles. The number of amides is 1. The lowest BCUT2D eigenvalue weighted by atomic mass is 10.3. The molecule has 0 spiro atoms. The Morgan fingerprint density at radius 2 is 2.25 bits per heavy atom. The van der Waals surface area contributed by atoms with Crippen LogP contribution in [0.1, 0.15) is 17.4 Å². The molecule has 0 radical (unpaired) electrons. The average molecular weight is 275 g/mol. The van der Waals surface area contributed by atoms with Gasteiger partial charge in [0, 0.05) is 6.20 Å². The van der Waals surface area contributed by atoms with E-state index in [0.29, 0.717) is 6.61 Å². The monoisotopic (exact) mass is 275 g/mol. The van der Waals surface area contributed by atoms with E-state index in [4.69, 9.17) is 4.74 Å². The van der Waals surface area contributed by atoms with Crippen LogP contribution in [0.25, 0.3) is 0 Å². The van der Waals surface area contributed by atoms with Gasteiger partial charge < -0.3 is 10.1 Å². The molecule has 2 rings (SSSR count). The summed E-state index contributed by atoms with van der Waals surface area (Å²) < 4.78 is 4.77. The molecular weight excluding hydrogens is 262 g/mol. The number of anilines is 1. The SMILES string of the molecule is CCOC(=O)Cn1ncc(NC(=O)c2ccccn2)n1. The van der Waals surface area contributed by atoms with Gasteiger partial charge in [-0.25, -0.2) is 4.79 Å². The first-order chi connectivity index (χ1) is 9.69. The second-order valence-corrected chi connectivity index (χ2v) is 3.73. The Labute approximate surface area is 114 Å². The molecule has 2 heterocycles. The number of hydrogen-bond donors (Lipinski definition) is 1. The summed E-state index contributed by atoms with van der Waals surface area (Å²) >= 11 is 0. The molecule has 1 N–H and O–H groups in total. The maximum Gasteiger partial charge on any atom is 0.329 e. The third-order valence-corrected chi connectivity index (χ3v) is 2.25. The molecule has 2 aromatic heterocycles. The van der Waals surface area contributed by atoms with Crippen molar-refractivity contribution in [2.24, 2.45) is 0 Å². The number of nitrogens with one attached hydrogen (secondary N) is 1. The van der Waals surface area contributed by atoms with Gasteiger partial charge in [-0.05, 0) is 19.1 Å². The molecule has 0 saturated heterocycles. The van der Waals surface area contributed by atoms with Crippen LogP contribution >= 0.6 is 0 Å². The molecule has 104 valence electrons. The summed E-state index contributed by atoms with van der Waals surface area (Å²) in [6.45, 7) is 1.91. The van der Waals surface area contributed by atoms with Crippen LogP contribution in [-0.4, -0.2) is 38.5 Å². The molecular formula is C12H13N5O3. The number of aromatic nitrogens is 4. The molecule has 1 amide bonds. The summed E-state index contributed by atoms with van der Waals surface area (Å²) in [5.74, 6) is -0.593. The fourth-order valence-electron chi connectivity index (χ4n) is 1.43. The molecule has 0 aliphatic carbocycles. The van der Waals surface area contributed by atoms with E-state index in [2.05, 4.69) is 20.5 Å². The molecule has 8 heteroatoms. The van der Waals surface area contributed by atoms with E-state index < -0.39 is 11.9 Å². The summed E-state index contributed by atoms with van der Waals surface area (Å²) in [5.41, 5.74) is 0.271. The first-order valence-electron chi connectivity index (χ1n) is 5.97. The van der Waals surface area contributed by atoms with E-state index in [0.717, 1.165) is 4.80 Å². The topological polar surface area (TPSA) is 99.0 Å². The molecule has 0 unspecified atom stereocenters. The number of esters is 1. The van der Waals surface area contributed by atoms with Crippen molar-refractivity contribution in [1.29, 1.82) is 0 Å². The van der Waals surface area contributed by atoms with E-state index in [1.165, 1.54) is 12.4 Å². The van der Waals surface area contributed by atoms with Crippen molar-refractivity contribution in [1.82, 2.24) is 20.0 Å². The van der Waals surface area contributed by atoms with Gasteiger partial charge in [-0.15, -0.1) is 5.10 Å². The van der Waals surface area contributed by atoms with Crippen LogP contribution in [0, 0.1) is 0 Å². The second-order valence-electron chi connectivity index (χ2n) is 3.73. The summed E-state index contributed by atoms with van der Waals surface area (Å²) in [7, 11) is 0. The van der Waals surface area contributed by atoms with Crippen LogP contribution in [0.2, 0.25) is 0 Å². The fraction of sp³-hybridized carbons (Fsp3) is 0.250. The van der Waals surface area contributed by atoms with Crippen LogP contribution in [0.5, 0.6) is 0 Å². The Bertz CT molecular complexity index is 596. The molecule has 0 saturated carbocycles. The van der Waals surface area contributed by atoms with Crippen molar-refractivity contribution < 1.29 is 14.3 Å². The van der Waals surface area contributed by atoms with Crippen molar-refractivity contribution in [3.8, 4) is 0 Å². The minimum absolute atomic E-state index is 0.104. The summed E-state index contributed by atoms with van der Waals surface area (Å²) in [4.78, 5) is 28.1. The van der Waals surface area contributed by atoms with E-state index in [9.17, 15) is 9.59 Å². The van der Waals surface area contributed by atoms with Gasteiger partial charge in [-0.3, -0.25) is 9.78 Å². The van der Waals surface area contributed by atoms with E-state index in [1.807, 2.05) is 0 Å². The number of rotatable bonds is 5. The van der Waals surface area contributed by atoms with Gasteiger partial charge >= 0.3 is 5.97 Å². The Hall–Kier alpha value is -2.77. The maximum atomic E-state index is 11.8. The number of pyridine rings is 1. The lowest BCUT2D eigenvalue weighted by molar-refractivity contribution is -0.144. The zero-order valence-electron chi connectivity index (χ0n) is 10.8. The normalized spacial score (nSPS) is 10.1. The Morgan fingerprint density at radius 3 is 2.95 bits per heavy atom. The smallest absolute Gasteiger partial charge is 0.329 e. The summed E-state index contributed by atoms with van der Waals surface area (Å²) in [6, 6.07) is 5.00. The first kappa shape index (κ1) is 13.7. The van der Waals surface area contributed by atoms with Crippen LogP contribution in [-0.2, 0) is 16.1 Å². The number of nitrogens with zero attached hydrogens (tertiary/aromatic N) is 4. The lowest BCUT2D eigenvalue weighted by Gasteiger charge is -2.01. The summed E-state index contributed by atoms with van der Waals surface area (Å²) in [5, 5.41) is 10.3. The standard InChI is InChI=1S/C12H13N5O3/c1-2-20-11(18)8-17-14-7-10(16-17)15-12(19)9-5-3-4-6-13-9/h3-7H,2,8H2,1H3,(H,15,16,19). The Morgan fingerprint density at radius 1 is 1.40 bits per heavy atom. The first-order valence-corrected chi connectivity index (χ1v) is 5.97. The Kier molecular flexibility index (Phi) is 4.38. The van der Waals surface area contributed by atoms with Gasteiger partial charge in [0.25, 0.3) is 5.91 Å². The van der Waals surface area contributed by atoms with Crippen molar-refractivity contribution in [3.63, 3.8) is 0 Å². The average Bonchev–Trinajstić information content (AvgIpc) is 2.87. The van der Waals surface area contributed by atoms with E-state index >= 15 is 0 Å². The largest absolute Gasteiger partial charge is 0.465 e. The molecule has 8 nitrogen and oxygen atoms in total. The third kappa shape index (κ3) is 3.61. The van der Waals surface area contributed by atoms with Gasteiger partial charge in [0.15, 0.2) is 12.4 Å². The number of carbonyl (C=O) groups excluding carboxylic acids is 2. The van der Waals surface area contributed by atoms with Crippen LogP contribution in [0.15, 0.2) is 30.6 Å². The van der Waals surface area contributed by atoms with E-state index in [-0.39, 0.29) is 18.1 Å². The molecule has 0 fully saturated rings. The number of ether oxygens (including phenoxy) is 1. The summed E-state index contributed by atoms with van der Waals surface area (Å²) in [6.07, 6.45) is 2.87. The van der Waals surface area contributed by atoms with Gasteiger partial charge in [0.05, 0.1) is 12.8 Å². The van der Waals surface area contributed by atoms with Crippen LogP contribution < -0.4 is 5.32 Å². The molecule has 20 heavy (non-hydrogen) atoms. The van der Waals surface area contributed by atoms with Crippen molar-refractivity contribution >= 4 is 17.7 Å². The second kappa shape index (κ2) is 6.41. The quantitative estimate of drug-likeness (QED) is 0.797. The van der Waals surface area contributed by atoms with Gasteiger partial charge in [0.1, 0.15) is 5.69 Å². The number of hydrogen-bond acceptors (Lipinski definition) is 6. The molecule has 0 atom stereocenters. The minimum Gasteiger partial charge on any atom is -0.465 e. The van der Waals surface area contributed by atoms with Crippen molar-refractivity contribution in [3.05, 3.63) is 36.3 Å². The minimum atomic E-state index is -0.439. The maximum absolute atomic E-state index is 11.8. The molecule has 2 aromatic rings. The highest BCUT2D eigenvalue weighted by Gasteiger charge is 2.11. The highest BCUT2D eigenvalue weighted by molar-refractivity contribution is 6.02. The molecule has 0 bridgehead atoms. The number of carbonyl (C=O) groups is 2. The van der Waals surface area contributed by atoms with Gasteiger partial charge in [0.2, 0.25) is 0 Å². The van der Waals surface area contributed by atoms with Gasteiger partial charge in [-0.2, -0.15) is 9.90 Å². The van der Waals surface area contributed by atoms with Gasteiger partial charge in [-0.1, -0.05) is 6.07 Å². The molecule has 0 aliphatic rings. The van der Waals surface area contributed by atoms with Crippen LogP contribution in [0.4, 0.5) is 5.82 Å². The zero-order valence-corrected chi connectivity index (χ0v) is 10.8. The van der Waals surface area contributed by atoms with Crippen LogP contribution in [0.3, 0.4) is 0 Å².